The Bertz CT molecular complexity index is 1750. The van der Waals surface area contributed by atoms with E-state index in [0.29, 0.717) is 23.5 Å². The van der Waals surface area contributed by atoms with Crippen LogP contribution in [0.15, 0.2) is 36.8 Å². The lowest BCUT2D eigenvalue weighted by molar-refractivity contribution is -0.0646. The van der Waals surface area contributed by atoms with Crippen LogP contribution in [0.3, 0.4) is 0 Å². The van der Waals surface area contributed by atoms with Gasteiger partial charge in [0.15, 0.2) is 5.82 Å². The van der Waals surface area contributed by atoms with Crippen LogP contribution in [0, 0.1) is 28.6 Å². The second-order valence-electron chi connectivity index (χ2n) is 14.8. The lowest BCUT2D eigenvalue weighted by atomic mass is 9.92. The summed E-state index contributed by atoms with van der Waals surface area (Å²) in [6, 6.07) is 10.2. The van der Waals surface area contributed by atoms with Crippen molar-refractivity contribution in [2.75, 3.05) is 44.0 Å². The van der Waals surface area contributed by atoms with Crippen LogP contribution >= 0.6 is 7.82 Å². The summed E-state index contributed by atoms with van der Waals surface area (Å²) in [5, 5.41) is 48.2. The quantitative estimate of drug-likeness (QED) is 0.0368. The van der Waals surface area contributed by atoms with Crippen LogP contribution in [-0.4, -0.2) is 86.0 Å². The number of fused-ring (bicyclic) bond motifs is 1. The smallest absolute Gasteiger partial charge is 0.387 e. The predicted octanol–water partition coefficient (Wildman–Crippen LogP) is 6.56. The first-order valence-corrected chi connectivity index (χ1v) is 22.0. The summed E-state index contributed by atoms with van der Waals surface area (Å²) >= 11 is 0. The van der Waals surface area contributed by atoms with Gasteiger partial charge in [-0.2, -0.15) is 15.6 Å². The molecule has 0 radical (unpaired) electrons. The van der Waals surface area contributed by atoms with Crippen molar-refractivity contribution in [1.29, 1.82) is 10.5 Å². The number of nitrogens with two attached hydrogens (primary N) is 1. The molecule has 0 aliphatic carbocycles. The highest BCUT2D eigenvalue weighted by Gasteiger charge is 2.58. The summed E-state index contributed by atoms with van der Waals surface area (Å²) in [5.41, 5.74) is 4.67. The lowest BCUT2D eigenvalue weighted by Gasteiger charge is -2.24. The largest absolute Gasteiger partial charge is 0.472 e. The third-order valence-corrected chi connectivity index (χ3v) is 11.3. The fraction of sp³-hybridized carbons (Fsp3) is 0.675. The molecule has 1 saturated heterocycles. The summed E-state index contributed by atoms with van der Waals surface area (Å²) < 4.78 is 36.6. The summed E-state index contributed by atoms with van der Waals surface area (Å²) in [5.74, 6) is 0.242. The van der Waals surface area contributed by atoms with Gasteiger partial charge in [-0.05, 0) is 30.7 Å². The van der Waals surface area contributed by atoms with Crippen LogP contribution in [0.5, 0.6) is 0 Å². The van der Waals surface area contributed by atoms with E-state index in [9.17, 15) is 24.9 Å². The maximum atomic E-state index is 13.0. The zero-order chi connectivity index (χ0) is 40.9. The molecule has 314 valence electrons. The molecule has 0 amide bonds. The van der Waals surface area contributed by atoms with Gasteiger partial charge >= 0.3 is 7.82 Å². The van der Waals surface area contributed by atoms with Gasteiger partial charge in [-0.3, -0.25) is 9.05 Å². The van der Waals surface area contributed by atoms with Gasteiger partial charge < -0.3 is 35.6 Å². The molecule has 0 bridgehead atoms. The van der Waals surface area contributed by atoms with E-state index in [1.54, 1.807) is 18.2 Å². The van der Waals surface area contributed by atoms with Crippen molar-refractivity contribution in [3.63, 3.8) is 0 Å². The topological polar surface area (TPSA) is 243 Å². The first kappa shape index (κ1) is 46.0. The third kappa shape index (κ3) is 14.3. The van der Waals surface area contributed by atoms with E-state index in [4.69, 9.17) is 29.5 Å². The van der Waals surface area contributed by atoms with E-state index in [-0.39, 0.29) is 31.3 Å². The first-order valence-electron chi connectivity index (χ1n) is 20.5. The number of nitrogens with one attached hydrogen (secondary N) is 1. The van der Waals surface area contributed by atoms with Gasteiger partial charge in [0.25, 0.3) is 0 Å². The highest BCUT2D eigenvalue weighted by molar-refractivity contribution is 7.47. The maximum Gasteiger partial charge on any atom is 0.472 e. The van der Waals surface area contributed by atoms with Crippen molar-refractivity contribution in [1.82, 2.24) is 19.6 Å². The Kier molecular flexibility index (Phi) is 19.6. The number of pyridine rings is 1. The molecule has 4 heterocycles. The van der Waals surface area contributed by atoms with Gasteiger partial charge in [-0.25, -0.2) is 19.0 Å². The fourth-order valence-electron chi connectivity index (χ4n) is 6.94. The number of unbranched alkanes of at least 4 members (excludes halogenated alkanes) is 15. The molecule has 1 fully saturated rings. The van der Waals surface area contributed by atoms with Crippen molar-refractivity contribution < 1.29 is 38.2 Å². The van der Waals surface area contributed by atoms with Crippen molar-refractivity contribution in [2.45, 2.75) is 134 Å². The van der Waals surface area contributed by atoms with Gasteiger partial charge in [0.1, 0.15) is 48.1 Å². The number of hydrogen-bond donors (Lipinski definition) is 5. The van der Waals surface area contributed by atoms with Crippen molar-refractivity contribution >= 4 is 25.0 Å². The van der Waals surface area contributed by atoms with E-state index in [1.807, 2.05) is 12.1 Å². The summed E-state index contributed by atoms with van der Waals surface area (Å²) in [7, 11) is -4.72. The summed E-state index contributed by atoms with van der Waals surface area (Å²) in [6.45, 7) is 2.39. The molecule has 1 aliphatic heterocycles. The van der Waals surface area contributed by atoms with Crippen molar-refractivity contribution in [3.05, 3.63) is 48.0 Å². The molecular formula is C40H61N8O8P. The van der Waals surface area contributed by atoms with E-state index in [2.05, 4.69) is 27.3 Å². The molecule has 6 atom stereocenters. The van der Waals surface area contributed by atoms with Crippen LogP contribution in [-0.2, 0) is 28.7 Å². The molecule has 0 saturated carbocycles. The second-order valence-corrected chi connectivity index (χ2v) is 16.3. The summed E-state index contributed by atoms with van der Waals surface area (Å²) in [4.78, 5) is 18.7. The number of rotatable bonds is 29. The Morgan fingerprint density at radius 2 is 1.58 bits per heavy atom. The number of anilines is 2. The van der Waals surface area contributed by atoms with Crippen LogP contribution < -0.4 is 11.1 Å². The molecular weight excluding hydrogens is 751 g/mol. The number of aromatic nitrogens is 4. The number of hydrogen-bond acceptors (Lipinski definition) is 14. The highest BCUT2D eigenvalue weighted by atomic mass is 31.2. The number of aliphatic hydroxyl groups excluding tert-OH is 2. The van der Waals surface area contributed by atoms with Gasteiger partial charge in [-0.1, -0.05) is 103 Å². The van der Waals surface area contributed by atoms with Crippen molar-refractivity contribution in [2.24, 2.45) is 5.92 Å². The second kappa shape index (κ2) is 24.3. The molecule has 3 aromatic heterocycles. The van der Waals surface area contributed by atoms with Gasteiger partial charge in [0.05, 0.1) is 31.1 Å². The number of phosphoric acid groups is 1. The molecule has 0 spiro atoms. The van der Waals surface area contributed by atoms with Crippen LogP contribution in [0.25, 0.3) is 5.52 Å². The third-order valence-electron chi connectivity index (χ3n) is 10.3. The van der Waals surface area contributed by atoms with Crippen molar-refractivity contribution in [3.8, 4) is 12.1 Å². The number of nitrogens with zero attached hydrogens (tertiary/aromatic N) is 6. The lowest BCUT2D eigenvalue weighted by Crippen LogP contribution is -2.41. The van der Waals surface area contributed by atoms with Crippen LogP contribution in [0.1, 0.15) is 121 Å². The normalized spacial score (nSPS) is 20.9. The molecule has 17 heteroatoms. The Morgan fingerprint density at radius 1 is 0.930 bits per heavy atom. The number of phosphoric ester groups is 1. The van der Waals surface area contributed by atoms with E-state index >= 15 is 0 Å². The minimum absolute atomic E-state index is 0.0817. The van der Waals surface area contributed by atoms with Gasteiger partial charge in [-0.15, -0.1) is 0 Å². The molecule has 57 heavy (non-hydrogen) atoms. The average molecular weight is 813 g/mol. The molecule has 6 N–H and O–H groups in total. The van der Waals surface area contributed by atoms with E-state index in [0.717, 1.165) is 19.3 Å². The molecule has 1 unspecified atom stereocenters. The minimum atomic E-state index is -4.72. The Balaban J connectivity index is 1.18. The number of nitriles is 2. The zero-order valence-electron chi connectivity index (χ0n) is 33.2. The Labute approximate surface area is 336 Å². The van der Waals surface area contributed by atoms with E-state index < -0.39 is 44.3 Å². The first-order chi connectivity index (χ1) is 27.6. The molecule has 0 aromatic carbocycles. The molecule has 3 aromatic rings. The Hall–Kier alpha value is -3.70. The van der Waals surface area contributed by atoms with Crippen LogP contribution in [0.4, 0.5) is 11.6 Å². The number of ether oxygens (including phenoxy) is 2. The molecule has 4 rings (SSSR count). The number of aliphatic hydroxyl groups is 2. The van der Waals surface area contributed by atoms with Gasteiger partial charge in [0.2, 0.25) is 5.60 Å². The SMILES string of the molecule is CCCCCCCCCCCCCCCCCCOC[C@@H](CNc1ccc(C#N)cn1)COP(=O)(O)OC[C@H]1O[C@@](C#N)(c2ccc3c(N)ncnn23)[C@H](O)[C@@H]1O. The molecule has 16 nitrogen and oxygen atoms in total. The minimum Gasteiger partial charge on any atom is -0.387 e. The predicted molar refractivity (Wildman–Crippen MR) is 215 cm³/mol. The average Bonchev–Trinajstić information content (AvgIpc) is 3.77. The maximum absolute atomic E-state index is 13.0. The monoisotopic (exact) mass is 812 g/mol. The fourth-order valence-corrected chi connectivity index (χ4v) is 7.75. The summed E-state index contributed by atoms with van der Waals surface area (Å²) in [6.07, 6.45) is 18.3. The highest BCUT2D eigenvalue weighted by Crippen LogP contribution is 2.46. The molecule has 1 aliphatic rings. The van der Waals surface area contributed by atoms with Gasteiger partial charge in [0, 0.05) is 25.3 Å². The Morgan fingerprint density at radius 3 is 2.18 bits per heavy atom. The number of nitrogen functional groups attached to an aromatic ring is 1. The zero-order valence-corrected chi connectivity index (χ0v) is 34.1. The standard InChI is InChI=1S/C40H61N8O8P/c1-2-3-4-5-6-7-8-9-10-11-12-13-14-15-16-17-22-53-26-32(25-45-36-21-18-31(23-41)24-44-36)27-54-57(51,52)55-28-34-37(49)38(50)40(29-42,56-34)35-20-19-33-39(43)46-30-47-48(33)35/h18-21,24,30,32,34,37-38,49-50H,2-17,22,25-28H2,1H3,(H,44,45)(H,51,52)(H2,43,46,47)/t32-,34-,37-,38-,40+/m1/s1. The van der Waals surface area contributed by atoms with E-state index in [1.165, 1.54) is 107 Å². The van der Waals surface area contributed by atoms with Crippen LogP contribution in [0.2, 0.25) is 0 Å².